The molecule has 0 amide bonds. The molecule has 3 heteroatoms. The number of methoxy groups -OCH3 is 1. The maximum absolute atomic E-state index is 6.25. The summed E-state index contributed by atoms with van der Waals surface area (Å²) < 4.78 is 5.42. The van der Waals surface area contributed by atoms with Crippen LogP contribution in [-0.2, 0) is 0 Å². The number of benzene rings is 1. The maximum atomic E-state index is 6.25. The molecule has 1 aromatic carbocycles. The molecule has 1 rings (SSSR count). The summed E-state index contributed by atoms with van der Waals surface area (Å²) in [5, 5.41) is 0.792. The molecule has 2 N–H and O–H groups in total. The van der Waals surface area contributed by atoms with Gasteiger partial charge >= 0.3 is 0 Å². The highest BCUT2D eigenvalue weighted by atomic mass is 35.5. The van der Waals surface area contributed by atoms with Gasteiger partial charge in [-0.2, -0.15) is 0 Å². The average Bonchev–Trinajstić information content (AvgIpc) is 2.19. The molecular weight excluding hydrogens is 210 g/mol. The highest BCUT2D eigenvalue weighted by Crippen LogP contribution is 2.38. The minimum atomic E-state index is -0.0725. The molecule has 0 saturated carbocycles. The molecule has 0 heterocycles. The normalized spacial score (nSPS) is 12.7. The van der Waals surface area contributed by atoms with Gasteiger partial charge in [0.1, 0.15) is 5.75 Å². The molecule has 2 nitrogen and oxygen atoms in total. The Balaban J connectivity index is 3.62. The van der Waals surface area contributed by atoms with E-state index in [0.717, 1.165) is 33.0 Å². The Hall–Kier alpha value is -0.730. The van der Waals surface area contributed by atoms with Crippen LogP contribution in [0.3, 0.4) is 0 Å². The first kappa shape index (κ1) is 12.3. The van der Waals surface area contributed by atoms with Gasteiger partial charge in [0.25, 0.3) is 0 Å². The third-order valence-corrected chi connectivity index (χ3v) is 3.44. The van der Waals surface area contributed by atoms with E-state index in [1.54, 1.807) is 7.11 Å². The van der Waals surface area contributed by atoms with Crippen molar-refractivity contribution in [1.29, 1.82) is 0 Å². The summed E-state index contributed by atoms with van der Waals surface area (Å²) in [5.74, 6) is 0.865. The molecule has 0 fully saturated rings. The quantitative estimate of drug-likeness (QED) is 0.842. The number of nitrogens with two attached hydrogens (primary N) is 1. The predicted molar refractivity (Wildman–Crippen MR) is 64.8 cm³/mol. The van der Waals surface area contributed by atoms with Gasteiger partial charge in [0.05, 0.1) is 7.11 Å². The second kappa shape index (κ2) is 4.42. The van der Waals surface area contributed by atoms with Crippen LogP contribution in [-0.4, -0.2) is 7.11 Å². The van der Waals surface area contributed by atoms with E-state index in [0.29, 0.717) is 0 Å². The Kier molecular flexibility index (Phi) is 3.63. The molecule has 1 unspecified atom stereocenters. The molecule has 1 aromatic rings. The van der Waals surface area contributed by atoms with Crippen molar-refractivity contribution >= 4 is 11.6 Å². The molecule has 0 aliphatic carbocycles. The maximum Gasteiger partial charge on any atom is 0.127 e. The van der Waals surface area contributed by atoms with Crippen molar-refractivity contribution in [2.45, 2.75) is 33.7 Å². The second-order valence-corrected chi connectivity index (χ2v) is 4.30. The van der Waals surface area contributed by atoms with Crippen molar-refractivity contribution in [3.05, 3.63) is 27.3 Å². The lowest BCUT2D eigenvalue weighted by Gasteiger charge is -2.20. The van der Waals surface area contributed by atoms with Gasteiger partial charge in [-0.25, -0.2) is 0 Å². The first-order valence-electron chi connectivity index (χ1n) is 5.00. The van der Waals surface area contributed by atoms with Crippen LogP contribution in [0.15, 0.2) is 0 Å². The van der Waals surface area contributed by atoms with E-state index in [1.165, 1.54) is 0 Å². The molecule has 15 heavy (non-hydrogen) atoms. The number of rotatable bonds is 2. The lowest BCUT2D eigenvalue weighted by molar-refractivity contribution is 0.403. The fourth-order valence-electron chi connectivity index (χ4n) is 1.92. The summed E-state index contributed by atoms with van der Waals surface area (Å²) in [4.78, 5) is 0. The molecule has 0 aromatic heterocycles. The van der Waals surface area contributed by atoms with Crippen LogP contribution in [0.25, 0.3) is 0 Å². The fourth-order valence-corrected chi connectivity index (χ4v) is 2.16. The van der Waals surface area contributed by atoms with Gasteiger partial charge in [0.15, 0.2) is 0 Å². The van der Waals surface area contributed by atoms with E-state index >= 15 is 0 Å². The molecule has 0 aliphatic heterocycles. The average molecular weight is 228 g/mol. The highest BCUT2D eigenvalue weighted by Gasteiger charge is 2.18. The fraction of sp³-hybridized carbons (Fsp3) is 0.500. The lowest BCUT2D eigenvalue weighted by Crippen LogP contribution is -2.11. The topological polar surface area (TPSA) is 35.2 Å². The van der Waals surface area contributed by atoms with Gasteiger partial charge in [-0.3, -0.25) is 0 Å². The van der Waals surface area contributed by atoms with Crippen molar-refractivity contribution < 1.29 is 4.74 Å². The van der Waals surface area contributed by atoms with Gasteiger partial charge < -0.3 is 10.5 Å². The Morgan fingerprint density at radius 3 is 2.07 bits per heavy atom. The minimum Gasteiger partial charge on any atom is -0.496 e. The Morgan fingerprint density at radius 1 is 1.13 bits per heavy atom. The number of ether oxygens (including phenoxy) is 1. The van der Waals surface area contributed by atoms with Gasteiger partial charge in [0.2, 0.25) is 0 Å². The molecule has 0 radical (unpaired) electrons. The molecule has 84 valence electrons. The number of hydrogen-bond acceptors (Lipinski definition) is 2. The highest BCUT2D eigenvalue weighted by molar-refractivity contribution is 6.32. The SMILES string of the molecule is COc1c(C)c(C)c(Cl)c(C)c1C(C)N. The van der Waals surface area contributed by atoms with Crippen LogP contribution in [0, 0.1) is 20.8 Å². The van der Waals surface area contributed by atoms with Crippen molar-refractivity contribution in [3.8, 4) is 5.75 Å². The summed E-state index contributed by atoms with van der Waals surface area (Å²) in [7, 11) is 1.67. The van der Waals surface area contributed by atoms with E-state index in [-0.39, 0.29) is 6.04 Å². The van der Waals surface area contributed by atoms with E-state index in [1.807, 2.05) is 27.7 Å². The first-order chi connectivity index (χ1) is 6.91. The van der Waals surface area contributed by atoms with Crippen LogP contribution in [0.4, 0.5) is 0 Å². The van der Waals surface area contributed by atoms with Crippen molar-refractivity contribution in [2.75, 3.05) is 7.11 Å². The summed E-state index contributed by atoms with van der Waals surface area (Å²) in [6.45, 7) is 7.93. The van der Waals surface area contributed by atoms with Crippen LogP contribution in [0.5, 0.6) is 5.75 Å². The first-order valence-corrected chi connectivity index (χ1v) is 5.38. The van der Waals surface area contributed by atoms with E-state index in [2.05, 4.69) is 0 Å². The zero-order valence-corrected chi connectivity index (χ0v) is 10.7. The zero-order chi connectivity index (χ0) is 11.7. The Bertz CT molecular complexity index is 386. The smallest absolute Gasteiger partial charge is 0.127 e. The van der Waals surface area contributed by atoms with Gasteiger partial charge in [-0.1, -0.05) is 11.6 Å². The number of halogens is 1. The molecule has 1 atom stereocenters. The summed E-state index contributed by atoms with van der Waals surface area (Å²) >= 11 is 6.25. The molecule has 0 saturated heterocycles. The zero-order valence-electron chi connectivity index (χ0n) is 9.94. The second-order valence-electron chi connectivity index (χ2n) is 3.92. The van der Waals surface area contributed by atoms with Gasteiger partial charge in [-0.15, -0.1) is 0 Å². The lowest BCUT2D eigenvalue weighted by atomic mass is 9.95. The summed E-state index contributed by atoms with van der Waals surface area (Å²) in [6.07, 6.45) is 0. The largest absolute Gasteiger partial charge is 0.496 e. The van der Waals surface area contributed by atoms with E-state index < -0.39 is 0 Å². The summed E-state index contributed by atoms with van der Waals surface area (Å²) in [5.41, 5.74) is 10.1. The standard InChI is InChI=1S/C12H18ClNO/c1-6-7(2)12(15-5)10(9(4)14)8(3)11(6)13/h9H,14H2,1-5H3. The van der Waals surface area contributed by atoms with Gasteiger partial charge in [0, 0.05) is 16.6 Å². The van der Waals surface area contributed by atoms with Crippen molar-refractivity contribution in [3.63, 3.8) is 0 Å². The molecule has 0 bridgehead atoms. The van der Waals surface area contributed by atoms with Crippen LogP contribution in [0.1, 0.15) is 35.2 Å². The van der Waals surface area contributed by atoms with Crippen molar-refractivity contribution in [2.24, 2.45) is 5.73 Å². The molecule has 0 spiro atoms. The van der Waals surface area contributed by atoms with Gasteiger partial charge in [-0.05, 0) is 44.4 Å². The Morgan fingerprint density at radius 2 is 1.67 bits per heavy atom. The van der Waals surface area contributed by atoms with Crippen LogP contribution in [0.2, 0.25) is 5.02 Å². The molecule has 0 aliphatic rings. The predicted octanol–water partition coefficient (Wildman–Crippen LogP) is 3.29. The van der Waals surface area contributed by atoms with Crippen molar-refractivity contribution in [1.82, 2.24) is 0 Å². The minimum absolute atomic E-state index is 0.0725. The third kappa shape index (κ3) is 1.97. The van der Waals surface area contributed by atoms with Crippen LogP contribution < -0.4 is 10.5 Å². The molecular formula is C12H18ClNO. The monoisotopic (exact) mass is 227 g/mol. The number of hydrogen-bond donors (Lipinski definition) is 1. The third-order valence-electron chi connectivity index (χ3n) is 2.87. The van der Waals surface area contributed by atoms with E-state index in [9.17, 15) is 0 Å². The van der Waals surface area contributed by atoms with E-state index in [4.69, 9.17) is 22.1 Å². The Labute approximate surface area is 96.4 Å². The van der Waals surface area contributed by atoms with Crippen LogP contribution >= 0.6 is 11.6 Å². The summed E-state index contributed by atoms with van der Waals surface area (Å²) in [6, 6.07) is -0.0725.